The van der Waals surface area contributed by atoms with Gasteiger partial charge >= 0.3 is 6.03 Å². The third kappa shape index (κ3) is 4.34. The van der Waals surface area contributed by atoms with Crippen LogP contribution in [0.15, 0.2) is 79.0 Å². The van der Waals surface area contributed by atoms with Gasteiger partial charge in [0.2, 0.25) is 0 Å². The van der Waals surface area contributed by atoms with Gasteiger partial charge in [0.25, 0.3) is 0 Å². The van der Waals surface area contributed by atoms with Crippen molar-refractivity contribution < 1.29 is 13.9 Å². The summed E-state index contributed by atoms with van der Waals surface area (Å²) >= 11 is 0. The van der Waals surface area contributed by atoms with E-state index in [2.05, 4.69) is 15.6 Å². The van der Waals surface area contributed by atoms with Crippen LogP contribution in [0.1, 0.15) is 5.69 Å². The van der Waals surface area contributed by atoms with Crippen LogP contribution < -0.4 is 15.4 Å². The summed E-state index contributed by atoms with van der Waals surface area (Å²) in [5.41, 5.74) is 0.794. The number of halogens is 1. The van der Waals surface area contributed by atoms with Gasteiger partial charge in [0.15, 0.2) is 0 Å². The number of carbonyl (C=O) groups is 1. The topological polar surface area (TPSA) is 87.0 Å². The molecule has 7 heteroatoms. The summed E-state index contributed by atoms with van der Waals surface area (Å²) in [7, 11) is 0. The number of nitrogens with one attached hydrogen (secondary N) is 2. The largest absolute Gasteiger partial charge is 0.457 e. The van der Waals surface area contributed by atoms with Crippen LogP contribution in [0.2, 0.25) is 0 Å². The number of nitrogens with zero attached hydrogens (tertiary/aromatic N) is 2. The number of rotatable bonds is 4. The molecule has 2 N–H and O–H groups in total. The molecule has 0 aliphatic carbocycles. The van der Waals surface area contributed by atoms with Crippen molar-refractivity contribution in [2.75, 3.05) is 10.6 Å². The molecule has 4 rings (SSSR count). The summed E-state index contributed by atoms with van der Waals surface area (Å²) in [6.45, 7) is 0. The molecule has 0 unspecified atom stereocenters. The average molecular weight is 398 g/mol. The van der Waals surface area contributed by atoms with Crippen LogP contribution in [0.25, 0.3) is 10.8 Å². The number of pyridine rings is 1. The van der Waals surface area contributed by atoms with Gasteiger partial charge in [-0.1, -0.05) is 30.3 Å². The quantitative estimate of drug-likeness (QED) is 0.463. The average Bonchev–Trinajstić information content (AvgIpc) is 2.76. The Labute approximate surface area is 171 Å². The van der Waals surface area contributed by atoms with E-state index in [0.29, 0.717) is 11.4 Å². The van der Waals surface area contributed by atoms with Crippen molar-refractivity contribution in [3.05, 3.63) is 90.5 Å². The van der Waals surface area contributed by atoms with Crippen LogP contribution >= 0.6 is 0 Å². The molecule has 0 bridgehead atoms. The van der Waals surface area contributed by atoms with E-state index in [0.717, 1.165) is 16.8 Å². The van der Waals surface area contributed by atoms with Crippen molar-refractivity contribution in [3.63, 3.8) is 0 Å². The minimum Gasteiger partial charge on any atom is -0.457 e. The minimum absolute atomic E-state index is 0.00748. The summed E-state index contributed by atoms with van der Waals surface area (Å²) in [5, 5.41) is 16.1. The van der Waals surface area contributed by atoms with Gasteiger partial charge in [-0.05, 0) is 41.1 Å². The Bertz CT molecular complexity index is 1280. The monoisotopic (exact) mass is 398 g/mol. The van der Waals surface area contributed by atoms with E-state index in [-0.39, 0.29) is 17.1 Å². The molecular formula is C23H15FN4O2. The molecule has 1 aromatic heterocycles. The zero-order valence-electron chi connectivity index (χ0n) is 15.6. The molecule has 1 heterocycles. The van der Waals surface area contributed by atoms with Crippen molar-refractivity contribution in [1.82, 2.24) is 4.98 Å². The summed E-state index contributed by atoms with van der Waals surface area (Å²) < 4.78 is 20.0. The van der Waals surface area contributed by atoms with Crippen LogP contribution in [0.3, 0.4) is 0 Å². The molecule has 2 amide bonds. The second kappa shape index (κ2) is 8.29. The van der Waals surface area contributed by atoms with Gasteiger partial charge in [-0.2, -0.15) is 5.26 Å². The zero-order chi connectivity index (χ0) is 20.9. The Hall–Kier alpha value is -4.44. The third-order valence-electron chi connectivity index (χ3n) is 4.28. The first-order valence-corrected chi connectivity index (χ1v) is 9.01. The van der Waals surface area contributed by atoms with E-state index in [1.165, 1.54) is 24.4 Å². The van der Waals surface area contributed by atoms with E-state index in [1.54, 1.807) is 12.1 Å². The second-order valence-electron chi connectivity index (χ2n) is 6.37. The fourth-order valence-electron chi connectivity index (χ4n) is 2.88. The standard InChI is InChI=1S/C23H15FN4O2/c24-21-13-19(30-20-9-10-26-18(12-20)14-25)7-8-22(21)28-23(29)27-17-6-5-15-3-1-2-4-16(15)11-17/h1-13H,(H2,27,28,29). The highest BCUT2D eigenvalue weighted by atomic mass is 19.1. The molecule has 4 aromatic rings. The van der Waals surface area contributed by atoms with Crippen molar-refractivity contribution >= 4 is 28.2 Å². The first kappa shape index (κ1) is 18.9. The lowest BCUT2D eigenvalue weighted by Crippen LogP contribution is -2.20. The van der Waals surface area contributed by atoms with E-state index >= 15 is 0 Å². The van der Waals surface area contributed by atoms with E-state index in [9.17, 15) is 9.18 Å². The molecule has 6 nitrogen and oxygen atoms in total. The smallest absolute Gasteiger partial charge is 0.323 e. The third-order valence-corrected chi connectivity index (χ3v) is 4.28. The maximum absolute atomic E-state index is 14.4. The zero-order valence-corrected chi connectivity index (χ0v) is 15.6. The predicted molar refractivity (Wildman–Crippen MR) is 112 cm³/mol. The number of ether oxygens (including phenoxy) is 1. The number of hydrogen-bond donors (Lipinski definition) is 2. The Balaban J connectivity index is 1.43. The van der Waals surface area contributed by atoms with Gasteiger partial charge in [0.1, 0.15) is 29.1 Å². The maximum Gasteiger partial charge on any atom is 0.323 e. The van der Waals surface area contributed by atoms with Crippen molar-refractivity contribution in [1.29, 1.82) is 5.26 Å². The maximum atomic E-state index is 14.4. The first-order chi connectivity index (χ1) is 14.6. The number of hydrogen-bond acceptors (Lipinski definition) is 4. The summed E-state index contributed by atoms with van der Waals surface area (Å²) in [5.74, 6) is -0.0745. The van der Waals surface area contributed by atoms with E-state index in [4.69, 9.17) is 10.00 Å². The van der Waals surface area contributed by atoms with Crippen LogP contribution in [-0.2, 0) is 0 Å². The molecular weight excluding hydrogens is 383 g/mol. The molecule has 146 valence electrons. The second-order valence-corrected chi connectivity index (χ2v) is 6.37. The number of carbonyl (C=O) groups excluding carboxylic acids is 1. The summed E-state index contributed by atoms with van der Waals surface area (Å²) in [6.07, 6.45) is 1.43. The summed E-state index contributed by atoms with van der Waals surface area (Å²) in [4.78, 5) is 16.1. The first-order valence-electron chi connectivity index (χ1n) is 9.01. The SMILES string of the molecule is N#Cc1cc(Oc2ccc(NC(=O)Nc3ccc4ccccc4c3)c(F)c2)ccn1. The van der Waals surface area contributed by atoms with Gasteiger partial charge in [-0.15, -0.1) is 0 Å². The number of fused-ring (bicyclic) bond motifs is 1. The van der Waals surface area contributed by atoms with Gasteiger partial charge < -0.3 is 15.4 Å². The van der Waals surface area contributed by atoms with Crippen LogP contribution in [0, 0.1) is 17.1 Å². The van der Waals surface area contributed by atoms with Gasteiger partial charge in [0, 0.05) is 24.0 Å². The van der Waals surface area contributed by atoms with Crippen molar-refractivity contribution in [2.45, 2.75) is 0 Å². The lowest BCUT2D eigenvalue weighted by atomic mass is 10.1. The fraction of sp³-hybridized carbons (Fsp3) is 0. The molecule has 0 aliphatic heterocycles. The normalized spacial score (nSPS) is 10.3. The van der Waals surface area contributed by atoms with Crippen LogP contribution in [-0.4, -0.2) is 11.0 Å². The number of benzene rings is 3. The molecule has 30 heavy (non-hydrogen) atoms. The van der Waals surface area contributed by atoms with Crippen LogP contribution in [0.5, 0.6) is 11.5 Å². The highest BCUT2D eigenvalue weighted by molar-refractivity contribution is 6.01. The Kier molecular flexibility index (Phi) is 5.22. The van der Waals surface area contributed by atoms with Gasteiger partial charge in [-0.3, -0.25) is 0 Å². The van der Waals surface area contributed by atoms with E-state index < -0.39 is 11.8 Å². The van der Waals surface area contributed by atoms with Crippen molar-refractivity contribution in [3.8, 4) is 17.6 Å². The molecule has 0 saturated heterocycles. The minimum atomic E-state index is -0.657. The lowest BCUT2D eigenvalue weighted by molar-refractivity contribution is 0.262. The van der Waals surface area contributed by atoms with Gasteiger partial charge in [0.05, 0.1) is 5.69 Å². The van der Waals surface area contributed by atoms with Crippen molar-refractivity contribution in [2.24, 2.45) is 0 Å². The lowest BCUT2D eigenvalue weighted by Gasteiger charge is -2.11. The fourth-order valence-corrected chi connectivity index (χ4v) is 2.88. The van der Waals surface area contributed by atoms with Crippen LogP contribution in [0.4, 0.5) is 20.6 Å². The number of urea groups is 1. The van der Waals surface area contributed by atoms with E-state index in [1.807, 2.05) is 42.5 Å². The number of amides is 2. The Morgan fingerprint density at radius 2 is 1.73 bits per heavy atom. The molecule has 0 saturated carbocycles. The molecule has 0 radical (unpaired) electrons. The number of anilines is 2. The number of nitriles is 1. The predicted octanol–water partition coefficient (Wildman–Crippen LogP) is 5.68. The Morgan fingerprint density at radius 3 is 2.53 bits per heavy atom. The van der Waals surface area contributed by atoms with Gasteiger partial charge in [-0.25, -0.2) is 14.2 Å². The highest BCUT2D eigenvalue weighted by Crippen LogP contribution is 2.26. The molecule has 0 fully saturated rings. The Morgan fingerprint density at radius 1 is 0.933 bits per heavy atom. The molecule has 3 aromatic carbocycles. The number of aromatic nitrogens is 1. The summed E-state index contributed by atoms with van der Waals surface area (Å²) in [6, 6.07) is 21.7. The molecule has 0 atom stereocenters. The highest BCUT2D eigenvalue weighted by Gasteiger charge is 2.10. The molecule has 0 spiro atoms. The molecule has 0 aliphatic rings.